The van der Waals surface area contributed by atoms with E-state index >= 15 is 0 Å². The largest absolute Gasteiger partial charge is 0.462 e. The van der Waals surface area contributed by atoms with Crippen LogP contribution in [0.15, 0.2) is 29.4 Å². The fraction of sp³-hybridized carbons (Fsp3) is 0.316. The summed E-state index contributed by atoms with van der Waals surface area (Å²) in [6.45, 7) is 0.737. The van der Waals surface area contributed by atoms with Gasteiger partial charge in [0.2, 0.25) is 5.91 Å². The molecule has 1 aromatic carbocycles. The van der Waals surface area contributed by atoms with E-state index in [-0.39, 0.29) is 24.0 Å². The number of aryl methyl sites for hydroxylation is 1. The molecule has 0 atom stereocenters. The summed E-state index contributed by atoms with van der Waals surface area (Å²) < 4.78 is 35.5. The number of halogens is 2. The van der Waals surface area contributed by atoms with E-state index in [1.54, 1.807) is 37.6 Å². The molecule has 0 aliphatic heterocycles. The number of amides is 1. The molecule has 9 nitrogen and oxygen atoms in total. The molecule has 13 heteroatoms. The van der Waals surface area contributed by atoms with E-state index in [9.17, 15) is 18.4 Å². The molecule has 0 bridgehead atoms. The van der Waals surface area contributed by atoms with Crippen LogP contribution in [-0.2, 0) is 16.6 Å². The van der Waals surface area contributed by atoms with Gasteiger partial charge in [-0.25, -0.2) is 9.78 Å². The summed E-state index contributed by atoms with van der Waals surface area (Å²) in [6.07, 6.45) is 0. The SMILES string of the molecule is CCOC(=O)c1sc(NC(=O)CSc2nnc(-c3ccc(OC(F)F)cc3)n2C)nc1C. The minimum atomic E-state index is -2.89. The number of rotatable bonds is 9. The number of thiazole rings is 1. The number of hydrogen-bond donors (Lipinski definition) is 1. The van der Waals surface area contributed by atoms with Crippen molar-refractivity contribution < 1.29 is 27.8 Å². The number of thioether (sulfide) groups is 1. The summed E-state index contributed by atoms with van der Waals surface area (Å²) in [4.78, 5) is 28.7. The van der Waals surface area contributed by atoms with Crippen molar-refractivity contribution in [3.05, 3.63) is 34.8 Å². The van der Waals surface area contributed by atoms with Crippen LogP contribution < -0.4 is 10.1 Å². The third-order valence-corrected chi connectivity index (χ3v) is 6.08. The highest BCUT2D eigenvalue weighted by atomic mass is 32.2. The minimum absolute atomic E-state index is 0.0422. The first-order chi connectivity index (χ1) is 15.3. The van der Waals surface area contributed by atoms with Crippen LogP contribution >= 0.6 is 23.1 Å². The molecule has 1 N–H and O–H groups in total. The smallest absolute Gasteiger partial charge is 0.387 e. The molecule has 0 aliphatic carbocycles. The lowest BCUT2D eigenvalue weighted by molar-refractivity contribution is -0.113. The van der Waals surface area contributed by atoms with Gasteiger partial charge >= 0.3 is 12.6 Å². The summed E-state index contributed by atoms with van der Waals surface area (Å²) in [5, 5.41) is 11.6. The standard InChI is InChI=1S/C19H19F2N5O4S2/c1-4-29-16(28)14-10(2)22-18(32-14)23-13(27)9-31-19-25-24-15(26(19)3)11-5-7-12(8-6-11)30-17(20)21/h5-8,17H,4,9H2,1-3H3,(H,22,23,27). The Bertz CT molecular complexity index is 1100. The van der Waals surface area contributed by atoms with Gasteiger partial charge in [-0.2, -0.15) is 8.78 Å². The Kier molecular flexibility index (Phi) is 7.75. The van der Waals surface area contributed by atoms with Gasteiger partial charge in [0.1, 0.15) is 10.6 Å². The topological polar surface area (TPSA) is 108 Å². The van der Waals surface area contributed by atoms with Crippen LogP contribution in [-0.4, -0.2) is 50.6 Å². The molecule has 0 saturated carbocycles. The van der Waals surface area contributed by atoms with E-state index in [1.807, 2.05) is 0 Å². The molecule has 0 spiro atoms. The first-order valence-corrected chi connectivity index (χ1v) is 11.1. The number of aromatic nitrogens is 4. The third-order valence-electron chi connectivity index (χ3n) is 4.01. The van der Waals surface area contributed by atoms with E-state index < -0.39 is 12.6 Å². The van der Waals surface area contributed by atoms with Crippen LogP contribution in [0.5, 0.6) is 5.75 Å². The van der Waals surface area contributed by atoms with Gasteiger partial charge in [-0.15, -0.1) is 10.2 Å². The first-order valence-electron chi connectivity index (χ1n) is 9.30. The first kappa shape index (κ1) is 23.6. The zero-order valence-electron chi connectivity index (χ0n) is 17.3. The van der Waals surface area contributed by atoms with Gasteiger partial charge in [0.05, 0.1) is 18.1 Å². The van der Waals surface area contributed by atoms with Crippen LogP contribution in [0, 0.1) is 6.92 Å². The lowest BCUT2D eigenvalue weighted by Gasteiger charge is -2.06. The fourth-order valence-electron chi connectivity index (χ4n) is 2.60. The van der Waals surface area contributed by atoms with Crippen LogP contribution in [0.1, 0.15) is 22.3 Å². The Morgan fingerprint density at radius 1 is 1.25 bits per heavy atom. The van der Waals surface area contributed by atoms with Gasteiger partial charge < -0.3 is 19.4 Å². The second-order valence-corrected chi connectivity index (χ2v) is 8.20. The van der Waals surface area contributed by atoms with Crippen LogP contribution in [0.2, 0.25) is 0 Å². The molecular formula is C19H19F2N5O4S2. The van der Waals surface area contributed by atoms with Crippen molar-refractivity contribution in [1.29, 1.82) is 0 Å². The molecule has 32 heavy (non-hydrogen) atoms. The lowest BCUT2D eigenvalue weighted by atomic mass is 10.2. The summed E-state index contributed by atoms with van der Waals surface area (Å²) in [5.74, 6) is -0.206. The number of carbonyl (C=O) groups is 2. The molecule has 1 amide bonds. The quantitative estimate of drug-likeness (QED) is 0.362. The normalized spacial score (nSPS) is 10.9. The predicted molar refractivity (Wildman–Crippen MR) is 115 cm³/mol. The van der Waals surface area contributed by atoms with Gasteiger partial charge in [-0.1, -0.05) is 23.1 Å². The van der Waals surface area contributed by atoms with E-state index in [0.717, 1.165) is 11.3 Å². The number of alkyl halides is 2. The Morgan fingerprint density at radius 2 is 1.97 bits per heavy atom. The van der Waals surface area contributed by atoms with Crippen molar-refractivity contribution in [2.45, 2.75) is 25.6 Å². The van der Waals surface area contributed by atoms with Crippen LogP contribution in [0.4, 0.5) is 13.9 Å². The molecule has 0 fully saturated rings. The van der Waals surface area contributed by atoms with Crippen molar-refractivity contribution in [3.8, 4) is 17.1 Å². The van der Waals surface area contributed by atoms with Gasteiger partial charge in [-0.3, -0.25) is 4.79 Å². The lowest BCUT2D eigenvalue weighted by Crippen LogP contribution is -2.14. The fourth-order valence-corrected chi connectivity index (χ4v) is 4.19. The third kappa shape index (κ3) is 5.79. The zero-order chi connectivity index (χ0) is 23.3. The van der Waals surface area contributed by atoms with Crippen molar-refractivity contribution >= 4 is 40.1 Å². The van der Waals surface area contributed by atoms with Crippen molar-refractivity contribution in [2.24, 2.45) is 7.05 Å². The van der Waals surface area contributed by atoms with Gasteiger partial charge in [0.25, 0.3) is 0 Å². The van der Waals surface area contributed by atoms with E-state index in [0.29, 0.717) is 32.2 Å². The molecular weight excluding hydrogens is 464 g/mol. The Labute approximate surface area is 190 Å². The number of benzene rings is 1. The molecule has 0 saturated heterocycles. The van der Waals surface area contributed by atoms with Crippen molar-refractivity contribution in [1.82, 2.24) is 19.7 Å². The minimum Gasteiger partial charge on any atom is -0.462 e. The number of nitrogens with zero attached hydrogens (tertiary/aromatic N) is 4. The summed E-state index contributed by atoms with van der Waals surface area (Å²) in [6, 6.07) is 6.01. The number of ether oxygens (including phenoxy) is 2. The maximum atomic E-state index is 12.3. The van der Waals surface area contributed by atoms with Crippen LogP contribution in [0.3, 0.4) is 0 Å². The number of carbonyl (C=O) groups excluding carboxylic acids is 2. The molecule has 2 aromatic heterocycles. The molecule has 0 aliphatic rings. The molecule has 170 valence electrons. The van der Waals surface area contributed by atoms with E-state index in [4.69, 9.17) is 4.74 Å². The Balaban J connectivity index is 1.60. The highest BCUT2D eigenvalue weighted by Crippen LogP contribution is 2.26. The zero-order valence-corrected chi connectivity index (χ0v) is 18.9. The van der Waals surface area contributed by atoms with Crippen LogP contribution in [0.25, 0.3) is 11.4 Å². The molecule has 0 unspecified atom stereocenters. The summed E-state index contributed by atoms with van der Waals surface area (Å²) in [5.41, 5.74) is 1.14. The van der Waals surface area contributed by atoms with Crippen molar-refractivity contribution in [3.63, 3.8) is 0 Å². The molecule has 3 rings (SSSR count). The number of hydrogen-bond acceptors (Lipinski definition) is 9. The number of nitrogens with one attached hydrogen (secondary N) is 1. The van der Waals surface area contributed by atoms with E-state index in [1.165, 1.54) is 23.9 Å². The average molecular weight is 484 g/mol. The molecule has 2 heterocycles. The number of anilines is 1. The predicted octanol–water partition coefficient (Wildman–Crippen LogP) is 3.76. The van der Waals surface area contributed by atoms with Gasteiger partial charge in [-0.05, 0) is 38.1 Å². The maximum Gasteiger partial charge on any atom is 0.387 e. The Morgan fingerprint density at radius 3 is 2.62 bits per heavy atom. The van der Waals surface area contributed by atoms with Gasteiger partial charge in [0, 0.05) is 12.6 Å². The monoisotopic (exact) mass is 483 g/mol. The summed E-state index contributed by atoms with van der Waals surface area (Å²) >= 11 is 2.22. The highest BCUT2D eigenvalue weighted by molar-refractivity contribution is 7.99. The molecule has 3 aromatic rings. The summed E-state index contributed by atoms with van der Waals surface area (Å²) in [7, 11) is 1.73. The second kappa shape index (κ2) is 10.5. The van der Waals surface area contributed by atoms with Crippen molar-refractivity contribution in [2.75, 3.05) is 17.7 Å². The second-order valence-electron chi connectivity index (χ2n) is 6.26. The number of esters is 1. The maximum absolute atomic E-state index is 12.3. The highest BCUT2D eigenvalue weighted by Gasteiger charge is 2.18. The van der Waals surface area contributed by atoms with Gasteiger partial charge in [0.15, 0.2) is 16.1 Å². The van der Waals surface area contributed by atoms with E-state index in [2.05, 4.69) is 25.2 Å². The Hall–Kier alpha value is -3.06. The average Bonchev–Trinajstić information content (AvgIpc) is 3.29. The molecule has 0 radical (unpaired) electrons.